The minimum Gasteiger partial charge on any atom is -0.490 e. The number of pyridine rings is 1. The van der Waals surface area contributed by atoms with E-state index in [0.29, 0.717) is 54.9 Å². The number of carbonyl (C=O) groups excluding carboxylic acids is 1. The molecular weight excluding hydrogens is 491 g/mol. The number of nitrogens with zero attached hydrogens (tertiary/aromatic N) is 4. The van der Waals surface area contributed by atoms with E-state index in [1.165, 1.54) is 21.4 Å². The first-order valence-electron chi connectivity index (χ1n) is 12.3. The molecule has 3 aliphatic rings. The highest BCUT2D eigenvalue weighted by Crippen LogP contribution is 2.54. The van der Waals surface area contributed by atoms with E-state index < -0.39 is 23.1 Å². The maximum atomic E-state index is 14.8. The smallest absolute Gasteiger partial charge is 0.356 e. The zero-order valence-electron chi connectivity index (χ0n) is 20.1. The molecule has 1 amide bonds. The standard InChI is InChI=1S/C28H21FN4O5/c29-20-14-19(13-16-8-12-38-25(16)20)33-24-22(23(30-33)27(36)37)28(9-10-28)15-32(26(24)35)18-6-4-17(5-7-18)31-11-2-1-3-21(31)34/h1-7,11,13-14H,8-10,12,15H2,(H,36,37). The molecule has 2 aromatic carbocycles. The zero-order chi connectivity index (χ0) is 26.2. The first-order valence-corrected chi connectivity index (χ1v) is 12.3. The van der Waals surface area contributed by atoms with E-state index in [4.69, 9.17) is 4.74 Å². The second-order valence-corrected chi connectivity index (χ2v) is 9.90. The molecule has 9 nitrogen and oxygen atoms in total. The van der Waals surface area contributed by atoms with Gasteiger partial charge in [-0.3, -0.25) is 14.2 Å². The molecule has 0 bridgehead atoms. The molecule has 1 saturated carbocycles. The summed E-state index contributed by atoms with van der Waals surface area (Å²) in [4.78, 5) is 40.0. The van der Waals surface area contributed by atoms with Gasteiger partial charge in [-0.2, -0.15) is 5.10 Å². The number of hydrogen-bond acceptors (Lipinski definition) is 5. The Labute approximate surface area is 215 Å². The Bertz CT molecular complexity index is 1720. The summed E-state index contributed by atoms with van der Waals surface area (Å²) in [6, 6.07) is 14.9. The summed E-state index contributed by atoms with van der Waals surface area (Å²) in [7, 11) is 0. The number of halogens is 1. The summed E-state index contributed by atoms with van der Waals surface area (Å²) in [6.45, 7) is 0.663. The van der Waals surface area contributed by atoms with Crippen LogP contribution in [0.15, 0.2) is 65.6 Å². The number of amides is 1. The van der Waals surface area contributed by atoms with Gasteiger partial charge < -0.3 is 14.7 Å². The Balaban J connectivity index is 1.35. The number of carboxylic acid groups (broad SMARTS) is 1. The summed E-state index contributed by atoms with van der Waals surface area (Å²) in [5.41, 5.74) is 1.84. The second-order valence-electron chi connectivity index (χ2n) is 9.90. The van der Waals surface area contributed by atoms with E-state index in [0.717, 1.165) is 0 Å². The minimum absolute atomic E-state index is 0.132. The SMILES string of the molecule is O=C(O)c1nn(-c2cc(F)c3c(c2)CCO3)c2c1C1(CC1)CN(c1ccc(-n3ccccc3=O)cc1)C2=O. The average molecular weight is 512 g/mol. The van der Waals surface area contributed by atoms with Gasteiger partial charge in [0.15, 0.2) is 17.3 Å². The van der Waals surface area contributed by atoms with Crippen LogP contribution in [-0.2, 0) is 11.8 Å². The lowest BCUT2D eigenvalue weighted by Gasteiger charge is -2.33. The number of benzene rings is 2. The molecular formula is C28H21FN4O5. The van der Waals surface area contributed by atoms with Crippen LogP contribution in [0.2, 0.25) is 0 Å². The summed E-state index contributed by atoms with van der Waals surface area (Å²) < 4.78 is 23.0. The van der Waals surface area contributed by atoms with Crippen LogP contribution < -0.4 is 15.2 Å². The monoisotopic (exact) mass is 512 g/mol. The molecule has 1 fully saturated rings. The summed E-state index contributed by atoms with van der Waals surface area (Å²) in [5, 5.41) is 14.3. The van der Waals surface area contributed by atoms with Crippen molar-refractivity contribution in [3.8, 4) is 17.1 Å². The fraction of sp³-hybridized carbons (Fsp3) is 0.214. The van der Waals surface area contributed by atoms with Crippen molar-refractivity contribution < 1.29 is 23.8 Å². The predicted molar refractivity (Wildman–Crippen MR) is 134 cm³/mol. The van der Waals surface area contributed by atoms with Crippen molar-refractivity contribution >= 4 is 17.6 Å². The molecule has 0 unspecified atom stereocenters. The van der Waals surface area contributed by atoms with E-state index in [9.17, 15) is 23.9 Å². The Morgan fingerprint density at radius 1 is 1.03 bits per heavy atom. The van der Waals surface area contributed by atoms with Crippen molar-refractivity contribution in [2.45, 2.75) is 24.7 Å². The van der Waals surface area contributed by atoms with Crippen molar-refractivity contribution in [2.24, 2.45) is 0 Å². The van der Waals surface area contributed by atoms with Gasteiger partial charge in [0.25, 0.3) is 11.5 Å². The first kappa shape index (κ1) is 22.5. The van der Waals surface area contributed by atoms with E-state index in [-0.39, 0.29) is 28.4 Å². The van der Waals surface area contributed by atoms with Crippen molar-refractivity contribution in [2.75, 3.05) is 18.1 Å². The Morgan fingerprint density at radius 2 is 1.79 bits per heavy atom. The van der Waals surface area contributed by atoms with Crippen LogP contribution >= 0.6 is 0 Å². The second kappa shape index (κ2) is 7.88. The van der Waals surface area contributed by atoms with Gasteiger partial charge in [-0.25, -0.2) is 13.9 Å². The van der Waals surface area contributed by atoms with Gasteiger partial charge in [0, 0.05) is 59.2 Å². The Morgan fingerprint density at radius 3 is 2.50 bits per heavy atom. The van der Waals surface area contributed by atoms with Crippen molar-refractivity contribution in [1.82, 2.24) is 14.3 Å². The quantitative estimate of drug-likeness (QED) is 0.449. The van der Waals surface area contributed by atoms with E-state index in [1.807, 2.05) is 0 Å². The third kappa shape index (κ3) is 3.22. The molecule has 4 aromatic rings. The molecule has 10 heteroatoms. The van der Waals surface area contributed by atoms with E-state index in [1.54, 1.807) is 53.6 Å². The molecule has 190 valence electrons. The van der Waals surface area contributed by atoms with Crippen LogP contribution in [0.4, 0.5) is 10.1 Å². The highest BCUT2D eigenvalue weighted by molar-refractivity contribution is 6.10. The Hall–Kier alpha value is -4.73. The fourth-order valence-electron chi connectivity index (χ4n) is 5.60. The zero-order valence-corrected chi connectivity index (χ0v) is 20.1. The molecule has 1 N–H and O–H groups in total. The number of carbonyl (C=O) groups is 2. The maximum absolute atomic E-state index is 14.8. The molecule has 1 spiro atoms. The number of fused-ring (bicyclic) bond motifs is 3. The number of ether oxygens (including phenoxy) is 1. The molecule has 1 aliphatic carbocycles. The van der Waals surface area contributed by atoms with Crippen molar-refractivity contribution in [1.29, 1.82) is 0 Å². The predicted octanol–water partition coefficient (Wildman–Crippen LogP) is 3.49. The van der Waals surface area contributed by atoms with E-state index in [2.05, 4.69) is 5.10 Å². The molecule has 4 heterocycles. The lowest BCUT2D eigenvalue weighted by Crippen LogP contribution is -2.44. The van der Waals surface area contributed by atoms with Gasteiger partial charge in [-0.1, -0.05) is 6.07 Å². The largest absolute Gasteiger partial charge is 0.490 e. The van der Waals surface area contributed by atoms with Crippen LogP contribution in [0, 0.1) is 5.82 Å². The lowest BCUT2D eigenvalue weighted by atomic mass is 9.88. The topological polar surface area (TPSA) is 107 Å². The highest BCUT2D eigenvalue weighted by atomic mass is 19.1. The Kier molecular flexibility index (Phi) is 4.66. The van der Waals surface area contributed by atoms with Gasteiger partial charge in [0.1, 0.15) is 5.69 Å². The molecule has 38 heavy (non-hydrogen) atoms. The lowest BCUT2D eigenvalue weighted by molar-refractivity contribution is 0.0688. The van der Waals surface area contributed by atoms with Gasteiger partial charge in [0.05, 0.1) is 12.3 Å². The number of carboxylic acids is 1. The third-order valence-electron chi connectivity index (χ3n) is 7.61. The van der Waals surface area contributed by atoms with Crippen LogP contribution in [0.25, 0.3) is 11.4 Å². The number of aromatic nitrogens is 3. The maximum Gasteiger partial charge on any atom is 0.356 e. The molecule has 7 rings (SSSR count). The molecule has 0 saturated heterocycles. The number of aromatic carboxylic acids is 1. The van der Waals surface area contributed by atoms with Gasteiger partial charge in [0.2, 0.25) is 0 Å². The van der Waals surface area contributed by atoms with E-state index >= 15 is 0 Å². The number of anilines is 1. The van der Waals surface area contributed by atoms with Crippen LogP contribution in [0.3, 0.4) is 0 Å². The number of rotatable bonds is 4. The van der Waals surface area contributed by atoms with Crippen LogP contribution in [-0.4, -0.2) is 44.5 Å². The number of hydrogen-bond donors (Lipinski definition) is 1. The minimum atomic E-state index is -1.23. The van der Waals surface area contributed by atoms with Gasteiger partial charge in [-0.15, -0.1) is 0 Å². The van der Waals surface area contributed by atoms with Crippen LogP contribution in [0.5, 0.6) is 5.75 Å². The highest BCUT2D eigenvalue weighted by Gasteiger charge is 2.56. The fourth-order valence-corrected chi connectivity index (χ4v) is 5.60. The first-order chi connectivity index (χ1) is 18.4. The van der Waals surface area contributed by atoms with Crippen molar-refractivity contribution in [3.05, 3.63) is 99.5 Å². The summed E-state index contributed by atoms with van der Waals surface area (Å²) in [5.74, 6) is -2.05. The van der Waals surface area contributed by atoms with Crippen molar-refractivity contribution in [3.63, 3.8) is 0 Å². The molecule has 2 aliphatic heterocycles. The van der Waals surface area contributed by atoms with Gasteiger partial charge in [-0.05, 0) is 49.2 Å². The average Bonchev–Trinajstić information content (AvgIpc) is 3.31. The summed E-state index contributed by atoms with van der Waals surface area (Å²) in [6.07, 6.45) is 3.59. The molecule has 0 atom stereocenters. The summed E-state index contributed by atoms with van der Waals surface area (Å²) >= 11 is 0. The molecule has 2 aromatic heterocycles. The normalized spacial score (nSPS) is 16.8. The molecule has 0 radical (unpaired) electrons. The van der Waals surface area contributed by atoms with Crippen LogP contribution in [0.1, 0.15) is 44.9 Å². The van der Waals surface area contributed by atoms with Gasteiger partial charge >= 0.3 is 5.97 Å². The third-order valence-corrected chi connectivity index (χ3v) is 7.61.